The molecule has 0 aromatic carbocycles. The molecule has 1 amide bonds. The van der Waals surface area contributed by atoms with Crippen molar-refractivity contribution in [1.29, 1.82) is 0 Å². The van der Waals surface area contributed by atoms with Crippen LogP contribution in [0.2, 0.25) is 0 Å². The fraction of sp³-hybridized carbons (Fsp3) is 0.643. The van der Waals surface area contributed by atoms with Gasteiger partial charge in [0.1, 0.15) is 11.3 Å². The van der Waals surface area contributed by atoms with Crippen molar-refractivity contribution in [3.8, 4) is 0 Å². The van der Waals surface area contributed by atoms with Gasteiger partial charge in [-0.3, -0.25) is 4.79 Å². The van der Waals surface area contributed by atoms with Gasteiger partial charge >= 0.3 is 6.09 Å². The van der Waals surface area contributed by atoms with E-state index in [4.69, 9.17) is 9.47 Å². The van der Waals surface area contributed by atoms with Gasteiger partial charge in [0.25, 0.3) is 0 Å². The first-order valence-electron chi connectivity index (χ1n) is 6.71. The van der Waals surface area contributed by atoms with Gasteiger partial charge in [0.15, 0.2) is 5.78 Å². The molecule has 0 fully saturated rings. The van der Waals surface area contributed by atoms with Crippen LogP contribution in [0.4, 0.5) is 4.79 Å². The monoisotopic (exact) mass is 314 g/mol. The molecular weight excluding hydrogens is 292 g/mol. The molecule has 1 atom stereocenters. The lowest BCUT2D eigenvalue weighted by atomic mass is 10.1. The molecule has 7 heteroatoms. The third-order valence-electron chi connectivity index (χ3n) is 2.54. The summed E-state index contributed by atoms with van der Waals surface area (Å²) < 4.78 is 10.2. The second kappa shape index (κ2) is 8.09. The van der Waals surface area contributed by atoms with E-state index in [1.807, 2.05) is 0 Å². The smallest absolute Gasteiger partial charge is 0.407 e. The quantitative estimate of drug-likeness (QED) is 0.783. The highest BCUT2D eigenvalue weighted by Crippen LogP contribution is 2.11. The summed E-state index contributed by atoms with van der Waals surface area (Å²) in [6.07, 6.45) is 0.174. The number of hydrogen-bond acceptors (Lipinski definition) is 6. The van der Waals surface area contributed by atoms with Gasteiger partial charge in [0, 0.05) is 31.6 Å². The van der Waals surface area contributed by atoms with Gasteiger partial charge in [0.05, 0.1) is 5.51 Å². The van der Waals surface area contributed by atoms with E-state index in [2.05, 4.69) is 10.3 Å². The van der Waals surface area contributed by atoms with Crippen LogP contribution in [0.15, 0.2) is 10.9 Å². The minimum absolute atomic E-state index is 0.103. The molecule has 1 N–H and O–H groups in total. The van der Waals surface area contributed by atoms with E-state index in [1.54, 1.807) is 38.8 Å². The summed E-state index contributed by atoms with van der Waals surface area (Å²) >= 11 is 1.37. The number of ether oxygens (including phenoxy) is 2. The number of thiazole rings is 1. The summed E-state index contributed by atoms with van der Waals surface area (Å²) in [6.45, 7) is 5.82. The largest absolute Gasteiger partial charge is 0.444 e. The molecule has 0 saturated carbocycles. The van der Waals surface area contributed by atoms with Crippen molar-refractivity contribution in [1.82, 2.24) is 10.3 Å². The topological polar surface area (TPSA) is 77.5 Å². The zero-order valence-corrected chi connectivity index (χ0v) is 13.7. The number of nitrogens with one attached hydrogen (secondary N) is 1. The van der Waals surface area contributed by atoms with E-state index in [-0.39, 0.29) is 18.2 Å². The molecule has 0 aliphatic heterocycles. The molecule has 21 heavy (non-hydrogen) atoms. The van der Waals surface area contributed by atoms with E-state index in [1.165, 1.54) is 11.3 Å². The highest BCUT2D eigenvalue weighted by Gasteiger charge is 2.22. The summed E-state index contributed by atoms with van der Waals surface area (Å²) in [5.74, 6) is -0.103. The third kappa shape index (κ3) is 7.19. The van der Waals surface area contributed by atoms with Crippen LogP contribution >= 0.6 is 11.3 Å². The number of ketones is 1. The van der Waals surface area contributed by atoms with E-state index in [0.29, 0.717) is 18.7 Å². The maximum atomic E-state index is 12.1. The van der Waals surface area contributed by atoms with Crippen molar-refractivity contribution in [3.63, 3.8) is 0 Å². The number of alkyl carbamates (subject to hydrolysis) is 1. The number of methoxy groups -OCH3 is 1. The summed E-state index contributed by atoms with van der Waals surface area (Å²) in [5, 5.41) is 4.41. The van der Waals surface area contributed by atoms with Crippen LogP contribution in [0.1, 0.15) is 44.1 Å². The standard InChI is InChI=1S/C14H22N2O4S/c1-14(2,3)20-13(18)16-10(5-6-19-4)7-12(17)11-8-21-9-15-11/h8-10H,5-7H2,1-4H3,(H,16,18). The number of Topliss-reactive ketones (excluding diaryl/α,β-unsaturated/α-hetero) is 1. The molecule has 1 aromatic heterocycles. The summed E-state index contributed by atoms with van der Waals surface area (Å²) in [6, 6.07) is -0.339. The van der Waals surface area contributed by atoms with Crippen molar-refractivity contribution in [3.05, 3.63) is 16.6 Å². The first-order valence-corrected chi connectivity index (χ1v) is 7.66. The Balaban J connectivity index is 2.58. The Hall–Kier alpha value is -1.47. The molecular formula is C14H22N2O4S. The zero-order chi connectivity index (χ0) is 15.9. The minimum Gasteiger partial charge on any atom is -0.444 e. The molecule has 1 heterocycles. The number of rotatable bonds is 7. The molecule has 1 rings (SSSR count). The molecule has 0 saturated heterocycles. The number of amides is 1. The number of nitrogens with zero attached hydrogens (tertiary/aromatic N) is 1. The molecule has 0 aliphatic rings. The molecule has 0 spiro atoms. The van der Waals surface area contributed by atoms with E-state index in [0.717, 1.165) is 0 Å². The lowest BCUT2D eigenvalue weighted by molar-refractivity contribution is 0.0490. The highest BCUT2D eigenvalue weighted by atomic mass is 32.1. The SMILES string of the molecule is COCCC(CC(=O)c1cscn1)NC(=O)OC(C)(C)C. The second-order valence-corrected chi connectivity index (χ2v) is 6.34. The Morgan fingerprint density at radius 1 is 1.43 bits per heavy atom. The van der Waals surface area contributed by atoms with Crippen LogP contribution in [-0.2, 0) is 9.47 Å². The maximum Gasteiger partial charge on any atom is 0.407 e. The number of carbonyl (C=O) groups is 2. The van der Waals surface area contributed by atoms with Crippen LogP contribution in [0.3, 0.4) is 0 Å². The average Bonchev–Trinajstić information content (AvgIpc) is 2.87. The summed E-state index contributed by atoms with van der Waals surface area (Å²) in [7, 11) is 1.58. The van der Waals surface area contributed by atoms with Crippen molar-refractivity contribution < 1.29 is 19.1 Å². The molecule has 118 valence electrons. The lowest BCUT2D eigenvalue weighted by Gasteiger charge is -2.23. The van der Waals surface area contributed by atoms with Crippen molar-refractivity contribution in [2.24, 2.45) is 0 Å². The molecule has 0 radical (unpaired) electrons. The van der Waals surface area contributed by atoms with Gasteiger partial charge in [-0.05, 0) is 27.2 Å². The van der Waals surface area contributed by atoms with Crippen molar-refractivity contribution >= 4 is 23.2 Å². The average molecular weight is 314 g/mol. The first-order chi connectivity index (χ1) is 9.81. The number of aromatic nitrogens is 1. The summed E-state index contributed by atoms with van der Waals surface area (Å²) in [4.78, 5) is 27.8. The predicted molar refractivity (Wildman–Crippen MR) is 80.7 cm³/mol. The van der Waals surface area contributed by atoms with E-state index < -0.39 is 11.7 Å². The van der Waals surface area contributed by atoms with E-state index >= 15 is 0 Å². The Labute approximate surface area is 128 Å². The van der Waals surface area contributed by atoms with Gasteiger partial charge in [-0.25, -0.2) is 9.78 Å². The Kier molecular flexibility index (Phi) is 6.77. The van der Waals surface area contributed by atoms with Gasteiger partial charge in [0.2, 0.25) is 0 Å². The summed E-state index contributed by atoms with van der Waals surface area (Å²) in [5.41, 5.74) is 1.46. The molecule has 1 aromatic rings. The minimum atomic E-state index is -0.575. The normalized spacial score (nSPS) is 12.8. The van der Waals surface area contributed by atoms with Crippen LogP contribution in [-0.4, -0.2) is 42.2 Å². The Morgan fingerprint density at radius 2 is 2.14 bits per heavy atom. The van der Waals surface area contributed by atoms with Crippen LogP contribution in [0, 0.1) is 0 Å². The van der Waals surface area contributed by atoms with Crippen molar-refractivity contribution in [2.45, 2.75) is 45.3 Å². The number of carbonyl (C=O) groups excluding carboxylic acids is 2. The highest BCUT2D eigenvalue weighted by molar-refractivity contribution is 7.07. The second-order valence-electron chi connectivity index (χ2n) is 5.63. The zero-order valence-electron chi connectivity index (χ0n) is 12.8. The lowest BCUT2D eigenvalue weighted by Crippen LogP contribution is -2.40. The molecule has 6 nitrogen and oxygen atoms in total. The first kappa shape index (κ1) is 17.6. The van der Waals surface area contributed by atoms with Gasteiger partial charge in [-0.15, -0.1) is 11.3 Å². The molecule has 0 aliphatic carbocycles. The van der Waals surface area contributed by atoms with Gasteiger partial charge in [-0.1, -0.05) is 0 Å². The Bertz CT molecular complexity index is 454. The van der Waals surface area contributed by atoms with E-state index in [9.17, 15) is 9.59 Å². The van der Waals surface area contributed by atoms with Crippen molar-refractivity contribution in [2.75, 3.05) is 13.7 Å². The Morgan fingerprint density at radius 3 is 2.67 bits per heavy atom. The fourth-order valence-electron chi connectivity index (χ4n) is 1.64. The van der Waals surface area contributed by atoms with Gasteiger partial charge < -0.3 is 14.8 Å². The molecule has 0 bridgehead atoms. The molecule has 1 unspecified atom stereocenters. The van der Waals surface area contributed by atoms with Crippen LogP contribution < -0.4 is 5.32 Å². The fourth-order valence-corrected chi connectivity index (χ4v) is 2.19. The maximum absolute atomic E-state index is 12.1. The van der Waals surface area contributed by atoms with Crippen LogP contribution in [0.25, 0.3) is 0 Å². The third-order valence-corrected chi connectivity index (χ3v) is 3.13. The number of hydrogen-bond donors (Lipinski definition) is 1. The predicted octanol–water partition coefficient (Wildman–Crippen LogP) is 2.65. The van der Waals surface area contributed by atoms with Crippen LogP contribution in [0.5, 0.6) is 0 Å². The van der Waals surface area contributed by atoms with Gasteiger partial charge in [-0.2, -0.15) is 0 Å².